The molecule has 0 saturated carbocycles. The van der Waals surface area contributed by atoms with Crippen molar-refractivity contribution in [3.8, 4) is 0 Å². The van der Waals surface area contributed by atoms with E-state index in [1.54, 1.807) is 6.20 Å². The van der Waals surface area contributed by atoms with Crippen molar-refractivity contribution >= 4 is 22.4 Å². The first kappa shape index (κ1) is 15.1. The predicted molar refractivity (Wildman–Crippen MR) is 85.6 cm³/mol. The molecule has 0 atom stereocenters. The van der Waals surface area contributed by atoms with E-state index in [2.05, 4.69) is 15.2 Å². The summed E-state index contributed by atoms with van der Waals surface area (Å²) in [5, 5.41) is 5.29. The lowest BCUT2D eigenvalue weighted by atomic mass is 9.89. The van der Waals surface area contributed by atoms with Crippen LogP contribution in [0.25, 0.3) is 0 Å². The van der Waals surface area contributed by atoms with Crippen molar-refractivity contribution < 1.29 is 9.18 Å². The van der Waals surface area contributed by atoms with Crippen LogP contribution in [0, 0.1) is 5.82 Å². The van der Waals surface area contributed by atoms with Gasteiger partial charge < -0.3 is 5.32 Å². The fourth-order valence-electron chi connectivity index (χ4n) is 2.81. The van der Waals surface area contributed by atoms with Crippen LogP contribution in [0.15, 0.2) is 35.8 Å². The van der Waals surface area contributed by atoms with Crippen LogP contribution in [0.3, 0.4) is 0 Å². The fraction of sp³-hybridized carbons (Fsp3) is 0.375. The van der Waals surface area contributed by atoms with E-state index in [0.29, 0.717) is 17.6 Å². The Balaban J connectivity index is 1.47. The summed E-state index contributed by atoms with van der Waals surface area (Å²) >= 11 is 1.42. The van der Waals surface area contributed by atoms with Crippen LogP contribution in [0.1, 0.15) is 24.3 Å². The number of likely N-dealkylation sites (tertiary alicyclic amines) is 1. The first-order valence-corrected chi connectivity index (χ1v) is 8.26. The molecule has 116 valence electrons. The van der Waals surface area contributed by atoms with Gasteiger partial charge in [-0.1, -0.05) is 12.1 Å². The third-order valence-corrected chi connectivity index (χ3v) is 4.66. The number of carbonyl (C=O) groups excluding carboxylic acids is 1. The van der Waals surface area contributed by atoms with E-state index in [9.17, 15) is 9.18 Å². The standard InChI is InChI=1S/C16H18FN3OS/c17-14-3-1-12(2-4-14)13-5-8-20(9-6-13)11-15(21)19-16-18-7-10-22-16/h1-4,7,10,13H,5-6,8-9,11H2,(H,18,19,21). The number of nitrogens with zero attached hydrogens (tertiary/aromatic N) is 2. The number of carbonyl (C=O) groups is 1. The summed E-state index contributed by atoms with van der Waals surface area (Å²) in [4.78, 5) is 18.1. The average Bonchev–Trinajstić information content (AvgIpc) is 3.02. The van der Waals surface area contributed by atoms with Crippen LogP contribution in [0.4, 0.5) is 9.52 Å². The molecule has 1 fully saturated rings. The number of halogens is 1. The lowest BCUT2D eigenvalue weighted by Crippen LogP contribution is -2.38. The number of aromatic nitrogens is 1. The molecule has 0 bridgehead atoms. The van der Waals surface area contributed by atoms with Crippen LogP contribution in [-0.4, -0.2) is 35.4 Å². The van der Waals surface area contributed by atoms with Crippen LogP contribution in [-0.2, 0) is 4.79 Å². The van der Waals surface area contributed by atoms with Crippen molar-refractivity contribution in [3.05, 3.63) is 47.2 Å². The van der Waals surface area contributed by atoms with Crippen molar-refractivity contribution in [2.45, 2.75) is 18.8 Å². The minimum Gasteiger partial charge on any atom is -0.301 e. The van der Waals surface area contributed by atoms with Gasteiger partial charge in [0, 0.05) is 11.6 Å². The van der Waals surface area contributed by atoms with Crippen molar-refractivity contribution in [2.75, 3.05) is 25.0 Å². The Hall–Kier alpha value is -1.79. The van der Waals surface area contributed by atoms with Gasteiger partial charge in [-0.25, -0.2) is 9.37 Å². The van der Waals surface area contributed by atoms with Gasteiger partial charge in [0.2, 0.25) is 5.91 Å². The van der Waals surface area contributed by atoms with Gasteiger partial charge in [0.15, 0.2) is 5.13 Å². The molecule has 2 heterocycles. The van der Waals surface area contributed by atoms with E-state index >= 15 is 0 Å². The van der Waals surface area contributed by atoms with E-state index in [4.69, 9.17) is 0 Å². The molecule has 6 heteroatoms. The maximum absolute atomic E-state index is 13.0. The maximum atomic E-state index is 13.0. The normalized spacial score (nSPS) is 16.6. The molecule has 22 heavy (non-hydrogen) atoms. The molecule has 0 spiro atoms. The second kappa shape index (κ2) is 6.98. The summed E-state index contributed by atoms with van der Waals surface area (Å²) < 4.78 is 13.0. The van der Waals surface area contributed by atoms with Gasteiger partial charge in [-0.2, -0.15) is 0 Å². The Morgan fingerprint density at radius 3 is 2.68 bits per heavy atom. The van der Waals surface area contributed by atoms with Gasteiger partial charge in [-0.3, -0.25) is 9.69 Å². The highest BCUT2D eigenvalue weighted by Gasteiger charge is 2.22. The minimum absolute atomic E-state index is 0.0183. The third kappa shape index (κ3) is 3.90. The van der Waals surface area contributed by atoms with Crippen molar-refractivity contribution in [1.82, 2.24) is 9.88 Å². The highest BCUT2D eigenvalue weighted by Crippen LogP contribution is 2.28. The second-order valence-corrected chi connectivity index (χ2v) is 6.38. The molecule has 0 radical (unpaired) electrons. The van der Waals surface area contributed by atoms with Gasteiger partial charge in [0.05, 0.1) is 6.54 Å². The zero-order valence-corrected chi connectivity index (χ0v) is 13.0. The molecule has 1 aromatic heterocycles. The van der Waals surface area contributed by atoms with Crippen molar-refractivity contribution in [3.63, 3.8) is 0 Å². The Morgan fingerprint density at radius 2 is 2.05 bits per heavy atom. The summed E-state index contributed by atoms with van der Waals surface area (Å²) in [7, 11) is 0. The third-order valence-electron chi connectivity index (χ3n) is 3.97. The van der Waals surface area contributed by atoms with Crippen LogP contribution < -0.4 is 5.32 Å². The van der Waals surface area contributed by atoms with Crippen molar-refractivity contribution in [2.24, 2.45) is 0 Å². The predicted octanol–water partition coefficient (Wildman–Crippen LogP) is 3.10. The molecule has 1 saturated heterocycles. The topological polar surface area (TPSA) is 45.2 Å². The highest BCUT2D eigenvalue weighted by molar-refractivity contribution is 7.13. The highest BCUT2D eigenvalue weighted by atomic mass is 32.1. The van der Waals surface area contributed by atoms with E-state index in [1.807, 2.05) is 17.5 Å². The van der Waals surface area contributed by atoms with E-state index in [1.165, 1.54) is 29.0 Å². The molecular weight excluding hydrogens is 301 g/mol. The first-order valence-electron chi connectivity index (χ1n) is 7.38. The molecule has 2 aromatic rings. The molecule has 1 aliphatic rings. The maximum Gasteiger partial charge on any atom is 0.240 e. The number of piperidine rings is 1. The van der Waals surface area contributed by atoms with Gasteiger partial charge in [0.1, 0.15) is 5.82 Å². The summed E-state index contributed by atoms with van der Waals surface area (Å²) in [6, 6.07) is 6.77. The SMILES string of the molecule is O=C(CN1CCC(c2ccc(F)cc2)CC1)Nc1nccs1. The Morgan fingerprint density at radius 1 is 1.32 bits per heavy atom. The van der Waals surface area contributed by atoms with Crippen molar-refractivity contribution in [1.29, 1.82) is 0 Å². The van der Waals surface area contributed by atoms with Gasteiger partial charge >= 0.3 is 0 Å². The summed E-state index contributed by atoms with van der Waals surface area (Å²) in [6.45, 7) is 2.16. The van der Waals surface area contributed by atoms with Crippen LogP contribution in [0.5, 0.6) is 0 Å². The molecule has 1 aliphatic heterocycles. The lowest BCUT2D eigenvalue weighted by molar-refractivity contribution is -0.117. The van der Waals surface area contributed by atoms with Gasteiger partial charge in [-0.05, 0) is 49.5 Å². The van der Waals surface area contributed by atoms with E-state index in [-0.39, 0.29) is 11.7 Å². The Bertz CT molecular complexity index is 607. The number of rotatable bonds is 4. The number of amides is 1. The zero-order valence-electron chi connectivity index (χ0n) is 12.2. The molecule has 1 amide bonds. The molecule has 0 unspecified atom stereocenters. The largest absolute Gasteiger partial charge is 0.301 e. The number of nitrogens with one attached hydrogen (secondary N) is 1. The number of anilines is 1. The number of benzene rings is 1. The second-order valence-electron chi connectivity index (χ2n) is 5.49. The first-order chi connectivity index (χ1) is 10.7. The Kier molecular flexibility index (Phi) is 4.80. The lowest BCUT2D eigenvalue weighted by Gasteiger charge is -2.31. The number of hydrogen-bond donors (Lipinski definition) is 1. The fourth-order valence-corrected chi connectivity index (χ4v) is 3.35. The van der Waals surface area contributed by atoms with E-state index in [0.717, 1.165) is 25.9 Å². The summed E-state index contributed by atoms with van der Waals surface area (Å²) in [5.41, 5.74) is 1.19. The quantitative estimate of drug-likeness (QED) is 0.942. The number of hydrogen-bond acceptors (Lipinski definition) is 4. The molecule has 0 aliphatic carbocycles. The van der Waals surface area contributed by atoms with Crippen LogP contribution in [0.2, 0.25) is 0 Å². The van der Waals surface area contributed by atoms with Gasteiger partial charge in [0.25, 0.3) is 0 Å². The molecule has 1 aromatic carbocycles. The molecular formula is C16H18FN3OS. The molecule has 4 nitrogen and oxygen atoms in total. The average molecular weight is 319 g/mol. The Labute approximate surface area is 133 Å². The van der Waals surface area contributed by atoms with Crippen LogP contribution >= 0.6 is 11.3 Å². The molecule has 3 rings (SSSR count). The number of thiazole rings is 1. The van der Waals surface area contributed by atoms with E-state index < -0.39 is 0 Å². The zero-order chi connectivity index (χ0) is 15.4. The smallest absolute Gasteiger partial charge is 0.240 e. The summed E-state index contributed by atoms with van der Waals surface area (Å²) in [5.74, 6) is 0.245. The minimum atomic E-state index is -0.194. The summed E-state index contributed by atoms with van der Waals surface area (Å²) in [6.07, 6.45) is 3.67. The molecule has 1 N–H and O–H groups in total. The monoisotopic (exact) mass is 319 g/mol. The van der Waals surface area contributed by atoms with Gasteiger partial charge in [-0.15, -0.1) is 11.3 Å².